The Hall–Kier alpha value is -4.02. The number of aliphatic hydroxyl groups is 3. The van der Waals surface area contributed by atoms with Crippen LogP contribution in [0.5, 0.6) is 5.75 Å². The van der Waals surface area contributed by atoms with Gasteiger partial charge in [0.15, 0.2) is 11.4 Å². The van der Waals surface area contributed by atoms with Gasteiger partial charge in [-0.2, -0.15) is 0 Å². The molecule has 0 fully saturated rings. The monoisotopic (exact) mass is 508 g/mol. The molecule has 0 heterocycles. The Morgan fingerprint density at radius 2 is 1.73 bits per heavy atom. The fraction of sp³-hybridized carbons (Fsp3) is 0.296. The zero-order valence-corrected chi connectivity index (χ0v) is 20.0. The number of primary amides is 1. The Bertz CT molecular complexity index is 1440. The summed E-state index contributed by atoms with van der Waals surface area (Å²) in [7, 11) is 3.13. The number of hydrogen-bond donors (Lipinski definition) is 5. The average molecular weight is 509 g/mol. The first-order chi connectivity index (χ1) is 17.4. The summed E-state index contributed by atoms with van der Waals surface area (Å²) < 4.78 is 13.5. The Morgan fingerprint density at radius 1 is 1.08 bits per heavy atom. The zero-order valence-electron chi connectivity index (χ0n) is 20.0. The number of phenols is 1. The number of phenolic OH excluding ortho intramolecular Hbond substituents is 1. The van der Waals surface area contributed by atoms with E-state index in [9.17, 15) is 39.2 Å². The summed E-state index contributed by atoms with van der Waals surface area (Å²) in [5.74, 6) is -7.46. The molecule has 2 aromatic carbocycles. The summed E-state index contributed by atoms with van der Waals surface area (Å²) in [4.78, 5) is 40.6. The lowest BCUT2D eigenvalue weighted by molar-refractivity contribution is -0.148. The number of hydrogen-bond acceptors (Lipinski definition) is 8. The third kappa shape index (κ3) is 3.32. The van der Waals surface area contributed by atoms with Crippen LogP contribution in [0.4, 0.5) is 4.39 Å². The highest BCUT2D eigenvalue weighted by Crippen LogP contribution is 2.53. The number of aromatic hydroxyl groups is 1. The molecule has 192 valence electrons. The summed E-state index contributed by atoms with van der Waals surface area (Å²) in [5, 5.41) is 44.4. The molecule has 0 bridgehead atoms. The molecular formula is C27H25FN2O7. The number of nitrogens with zero attached hydrogens (tertiary/aromatic N) is 1. The minimum Gasteiger partial charge on any atom is -0.510 e. The van der Waals surface area contributed by atoms with Gasteiger partial charge in [-0.05, 0) is 67.7 Å². The quantitative estimate of drug-likeness (QED) is 0.393. The number of halogens is 1. The predicted molar refractivity (Wildman–Crippen MR) is 129 cm³/mol. The summed E-state index contributed by atoms with van der Waals surface area (Å²) in [6.07, 6.45) is 0.139. The third-order valence-electron chi connectivity index (χ3n) is 7.76. The van der Waals surface area contributed by atoms with Gasteiger partial charge in [0.1, 0.15) is 28.7 Å². The molecule has 5 rings (SSSR count). The first-order valence-corrected chi connectivity index (χ1v) is 11.6. The van der Waals surface area contributed by atoms with Gasteiger partial charge in [-0.3, -0.25) is 19.3 Å². The number of Topliss-reactive ketones (excluding diaryl/α,β-unsaturated/α-hetero) is 2. The second kappa shape index (κ2) is 8.25. The van der Waals surface area contributed by atoms with Crippen molar-refractivity contribution in [3.63, 3.8) is 0 Å². The van der Waals surface area contributed by atoms with E-state index in [0.717, 1.165) is 0 Å². The van der Waals surface area contributed by atoms with Crippen molar-refractivity contribution in [1.29, 1.82) is 0 Å². The van der Waals surface area contributed by atoms with Crippen molar-refractivity contribution in [1.82, 2.24) is 4.90 Å². The minimum absolute atomic E-state index is 0.00965. The number of amides is 1. The van der Waals surface area contributed by atoms with Gasteiger partial charge < -0.3 is 26.2 Å². The summed E-state index contributed by atoms with van der Waals surface area (Å²) in [6.45, 7) is 0. The summed E-state index contributed by atoms with van der Waals surface area (Å²) >= 11 is 0. The molecule has 0 saturated heterocycles. The SMILES string of the molecule is CN(C)[C@H]1C(O)=C(C(N)=O)C(=O)[C@]2(O)C(O)=C3C(=O)c4c(O)ccc(-c5ccc(F)cc5)c4C[C@@H]3C[C@H]12. The van der Waals surface area contributed by atoms with Crippen LogP contribution in [0.2, 0.25) is 0 Å². The highest BCUT2D eigenvalue weighted by Gasteiger charge is 2.63. The van der Waals surface area contributed by atoms with E-state index in [1.54, 1.807) is 32.3 Å². The molecule has 0 aromatic heterocycles. The number of benzene rings is 2. The predicted octanol–water partition coefficient (Wildman–Crippen LogP) is 1.93. The maximum Gasteiger partial charge on any atom is 0.255 e. The van der Waals surface area contributed by atoms with E-state index in [-0.39, 0.29) is 29.7 Å². The first kappa shape index (κ1) is 24.7. The van der Waals surface area contributed by atoms with Gasteiger partial charge in [-0.25, -0.2) is 4.39 Å². The normalized spacial score (nSPS) is 27.2. The second-order valence-corrected chi connectivity index (χ2v) is 9.96. The number of allylic oxidation sites excluding steroid dienone is 1. The second-order valence-electron chi connectivity index (χ2n) is 9.96. The zero-order chi connectivity index (χ0) is 27.0. The van der Waals surface area contributed by atoms with Gasteiger partial charge in [0.25, 0.3) is 5.91 Å². The molecule has 0 radical (unpaired) electrons. The molecule has 0 unspecified atom stereocenters. The van der Waals surface area contributed by atoms with Gasteiger partial charge in [0.05, 0.1) is 11.6 Å². The van der Waals surface area contributed by atoms with Gasteiger partial charge >= 0.3 is 0 Å². The van der Waals surface area contributed by atoms with Crippen LogP contribution < -0.4 is 5.73 Å². The van der Waals surface area contributed by atoms with Crippen molar-refractivity contribution in [3.05, 3.63) is 76.0 Å². The lowest BCUT2D eigenvalue weighted by Crippen LogP contribution is -2.63. The molecule has 0 spiro atoms. The van der Waals surface area contributed by atoms with E-state index < -0.39 is 63.9 Å². The Kier molecular flexibility index (Phi) is 5.50. The average Bonchev–Trinajstić information content (AvgIpc) is 2.82. The van der Waals surface area contributed by atoms with Crippen LogP contribution in [0.15, 0.2) is 59.1 Å². The Balaban J connectivity index is 1.72. The van der Waals surface area contributed by atoms with Crippen molar-refractivity contribution in [2.45, 2.75) is 24.5 Å². The van der Waals surface area contributed by atoms with Gasteiger partial charge in [0.2, 0.25) is 5.78 Å². The molecule has 0 aliphatic heterocycles. The fourth-order valence-electron chi connectivity index (χ4n) is 6.15. The van der Waals surface area contributed by atoms with Crippen LogP contribution in [0, 0.1) is 17.7 Å². The highest BCUT2D eigenvalue weighted by molar-refractivity contribution is 6.24. The van der Waals surface area contributed by atoms with E-state index in [0.29, 0.717) is 16.7 Å². The van der Waals surface area contributed by atoms with E-state index in [4.69, 9.17) is 5.73 Å². The molecule has 1 amide bonds. The van der Waals surface area contributed by atoms with E-state index in [1.807, 2.05) is 0 Å². The number of rotatable bonds is 3. The molecule has 4 atom stereocenters. The smallest absolute Gasteiger partial charge is 0.255 e. The standard InChI is InChI=1S/C27H25FN2O7/c1-30(2)21-16-10-12-9-15-14(11-3-5-13(28)6-4-11)7-8-17(31)19(15)22(32)18(12)24(34)27(16,37)25(35)20(23(21)33)26(29)36/h3-8,12,16,21,31,33-34,37H,9-10H2,1-2H3,(H2,29,36)/t12-,16-,21-,27-/m1/s1. The molecular weight excluding hydrogens is 483 g/mol. The summed E-state index contributed by atoms with van der Waals surface area (Å²) in [6, 6.07) is 7.51. The molecule has 10 heteroatoms. The Morgan fingerprint density at radius 3 is 2.32 bits per heavy atom. The molecule has 0 saturated carbocycles. The van der Waals surface area contributed by atoms with Crippen LogP contribution in [-0.2, 0) is 16.0 Å². The van der Waals surface area contributed by atoms with Crippen molar-refractivity contribution in [2.75, 3.05) is 14.1 Å². The number of fused-ring (bicyclic) bond motifs is 3. The summed E-state index contributed by atoms with van der Waals surface area (Å²) in [5.41, 5.74) is 3.14. The highest BCUT2D eigenvalue weighted by atomic mass is 19.1. The van der Waals surface area contributed by atoms with Gasteiger partial charge in [-0.15, -0.1) is 0 Å². The minimum atomic E-state index is -2.69. The van der Waals surface area contributed by atoms with Crippen LogP contribution >= 0.6 is 0 Å². The molecule has 6 N–H and O–H groups in total. The topological polar surface area (TPSA) is 161 Å². The third-order valence-corrected chi connectivity index (χ3v) is 7.76. The molecule has 9 nitrogen and oxygen atoms in total. The lowest BCUT2D eigenvalue weighted by atomic mass is 9.58. The number of nitrogens with two attached hydrogens (primary N) is 1. The van der Waals surface area contributed by atoms with Crippen molar-refractivity contribution >= 4 is 17.5 Å². The van der Waals surface area contributed by atoms with E-state index in [1.165, 1.54) is 23.1 Å². The van der Waals surface area contributed by atoms with Crippen molar-refractivity contribution in [3.8, 4) is 16.9 Å². The number of aliphatic hydroxyl groups excluding tert-OH is 2. The first-order valence-electron chi connectivity index (χ1n) is 11.6. The molecule has 37 heavy (non-hydrogen) atoms. The molecule has 2 aromatic rings. The maximum absolute atomic E-state index is 13.7. The van der Waals surface area contributed by atoms with Gasteiger partial charge in [0, 0.05) is 11.5 Å². The number of carbonyl (C=O) groups is 3. The fourth-order valence-corrected chi connectivity index (χ4v) is 6.15. The van der Waals surface area contributed by atoms with Crippen LogP contribution in [0.3, 0.4) is 0 Å². The number of ketones is 2. The van der Waals surface area contributed by atoms with Gasteiger partial charge in [-0.1, -0.05) is 18.2 Å². The number of likely N-dealkylation sites (N-methyl/N-ethyl adjacent to an activating group) is 1. The molecule has 3 aliphatic rings. The van der Waals surface area contributed by atoms with E-state index in [2.05, 4.69) is 0 Å². The van der Waals surface area contributed by atoms with Crippen molar-refractivity contribution in [2.24, 2.45) is 17.6 Å². The van der Waals surface area contributed by atoms with Crippen LogP contribution in [0.1, 0.15) is 22.3 Å². The van der Waals surface area contributed by atoms with Crippen LogP contribution in [0.25, 0.3) is 11.1 Å². The lowest BCUT2D eigenvalue weighted by Gasteiger charge is -2.50. The largest absolute Gasteiger partial charge is 0.510 e. The van der Waals surface area contributed by atoms with Crippen molar-refractivity contribution < 1.29 is 39.2 Å². The maximum atomic E-state index is 13.7. The number of carbonyl (C=O) groups excluding carboxylic acids is 3. The Labute approximate surface area is 210 Å². The van der Waals surface area contributed by atoms with Crippen LogP contribution in [-0.4, -0.2) is 68.5 Å². The molecule has 3 aliphatic carbocycles. The van der Waals surface area contributed by atoms with E-state index >= 15 is 0 Å².